The Morgan fingerprint density at radius 1 is 1.71 bits per heavy atom. The van der Waals surface area contributed by atoms with Crippen molar-refractivity contribution >= 4 is 12.2 Å². The molecule has 2 rings (SSSR count). The number of aliphatic imine (C=N–C) groups is 1. The Balaban J connectivity index is 1.97. The van der Waals surface area contributed by atoms with Gasteiger partial charge in [-0.3, -0.25) is 4.79 Å². The molecular formula is C8H13N3O3. The van der Waals surface area contributed by atoms with Gasteiger partial charge in [0.15, 0.2) is 6.17 Å². The molecule has 2 aliphatic rings. The topological polar surface area (TPSA) is 88.2 Å². The van der Waals surface area contributed by atoms with E-state index in [0.29, 0.717) is 0 Å². The maximum absolute atomic E-state index is 11.0. The van der Waals surface area contributed by atoms with Gasteiger partial charge in [-0.05, 0) is 12.8 Å². The van der Waals surface area contributed by atoms with Crippen molar-refractivity contribution in [1.29, 1.82) is 0 Å². The second-order valence-corrected chi connectivity index (χ2v) is 3.45. The zero-order valence-corrected chi connectivity index (χ0v) is 7.67. The lowest BCUT2D eigenvalue weighted by atomic mass is 10.2. The number of carbonyl (C=O) groups is 1. The van der Waals surface area contributed by atoms with Crippen LogP contribution in [0.25, 0.3) is 0 Å². The number of hydrogen-bond donors (Lipinski definition) is 2. The van der Waals surface area contributed by atoms with Gasteiger partial charge in [0.1, 0.15) is 6.23 Å². The highest BCUT2D eigenvalue weighted by atomic mass is 16.5. The second-order valence-electron chi connectivity index (χ2n) is 3.45. The fourth-order valence-electron chi connectivity index (χ4n) is 1.69. The molecule has 14 heavy (non-hydrogen) atoms. The predicted octanol–water partition coefficient (Wildman–Crippen LogP) is -1.36. The van der Waals surface area contributed by atoms with Crippen LogP contribution in [0.4, 0.5) is 0 Å². The molecule has 3 N–H and O–H groups in total. The first-order valence-corrected chi connectivity index (χ1v) is 4.59. The fourth-order valence-corrected chi connectivity index (χ4v) is 1.69. The number of rotatable bonds is 2. The van der Waals surface area contributed by atoms with Gasteiger partial charge >= 0.3 is 0 Å². The summed E-state index contributed by atoms with van der Waals surface area (Å²) in [6.07, 6.45) is 1.87. The maximum atomic E-state index is 11.0. The minimum absolute atomic E-state index is 0.00463. The Hall–Kier alpha value is -0.980. The quantitative estimate of drug-likeness (QED) is 0.573. The molecule has 0 radical (unpaired) electrons. The second kappa shape index (κ2) is 3.64. The molecule has 0 bridgehead atoms. The molecule has 78 valence electrons. The SMILES string of the molecule is NC1C(=O)N=CN1C1CCC(CO)O1. The summed E-state index contributed by atoms with van der Waals surface area (Å²) < 4.78 is 5.47. The van der Waals surface area contributed by atoms with E-state index in [1.165, 1.54) is 6.34 Å². The van der Waals surface area contributed by atoms with Crippen molar-refractivity contribution in [2.24, 2.45) is 10.7 Å². The molecule has 2 heterocycles. The fraction of sp³-hybridized carbons (Fsp3) is 0.750. The predicted molar refractivity (Wildman–Crippen MR) is 48.3 cm³/mol. The van der Waals surface area contributed by atoms with Gasteiger partial charge < -0.3 is 20.5 Å². The summed E-state index contributed by atoms with van der Waals surface area (Å²) in [5.74, 6) is -0.346. The number of nitrogens with two attached hydrogens (primary N) is 1. The van der Waals surface area contributed by atoms with Gasteiger partial charge in [-0.1, -0.05) is 0 Å². The third-order valence-corrected chi connectivity index (χ3v) is 2.51. The van der Waals surface area contributed by atoms with E-state index in [2.05, 4.69) is 4.99 Å². The molecule has 1 amide bonds. The van der Waals surface area contributed by atoms with Gasteiger partial charge in [-0.15, -0.1) is 0 Å². The lowest BCUT2D eigenvalue weighted by Gasteiger charge is -2.25. The van der Waals surface area contributed by atoms with E-state index in [1.807, 2.05) is 0 Å². The van der Waals surface area contributed by atoms with E-state index < -0.39 is 6.17 Å². The van der Waals surface area contributed by atoms with Crippen LogP contribution in [0.15, 0.2) is 4.99 Å². The van der Waals surface area contributed by atoms with Gasteiger partial charge in [0.2, 0.25) is 0 Å². The summed E-state index contributed by atoms with van der Waals surface area (Å²) >= 11 is 0. The molecule has 2 aliphatic heterocycles. The van der Waals surface area contributed by atoms with E-state index in [1.54, 1.807) is 4.90 Å². The number of carbonyl (C=O) groups excluding carboxylic acids is 1. The normalized spacial score (nSPS) is 37.1. The first kappa shape index (κ1) is 9.57. The van der Waals surface area contributed by atoms with Crippen LogP contribution in [-0.4, -0.2) is 47.4 Å². The first-order valence-electron chi connectivity index (χ1n) is 4.59. The number of ether oxygens (including phenoxy) is 1. The van der Waals surface area contributed by atoms with E-state index >= 15 is 0 Å². The summed E-state index contributed by atoms with van der Waals surface area (Å²) in [6, 6.07) is 0. The number of hydrogen-bond acceptors (Lipinski definition) is 5. The smallest absolute Gasteiger partial charge is 0.284 e. The molecule has 0 aromatic carbocycles. The van der Waals surface area contributed by atoms with Crippen LogP contribution in [0.5, 0.6) is 0 Å². The average Bonchev–Trinajstić information content (AvgIpc) is 2.75. The number of nitrogens with zero attached hydrogens (tertiary/aromatic N) is 2. The molecular weight excluding hydrogens is 186 g/mol. The Morgan fingerprint density at radius 2 is 2.50 bits per heavy atom. The molecule has 0 spiro atoms. The summed E-state index contributed by atoms with van der Waals surface area (Å²) in [5, 5.41) is 8.87. The first-order chi connectivity index (χ1) is 6.72. The van der Waals surface area contributed by atoms with Crippen LogP contribution in [0.1, 0.15) is 12.8 Å². The minimum Gasteiger partial charge on any atom is -0.394 e. The lowest BCUT2D eigenvalue weighted by molar-refractivity contribution is -0.123. The molecule has 3 unspecified atom stereocenters. The van der Waals surface area contributed by atoms with Gasteiger partial charge in [0.05, 0.1) is 19.0 Å². The van der Waals surface area contributed by atoms with Crippen LogP contribution in [0, 0.1) is 0 Å². The molecule has 0 aliphatic carbocycles. The van der Waals surface area contributed by atoms with Crippen molar-refractivity contribution in [2.75, 3.05) is 6.61 Å². The van der Waals surface area contributed by atoms with Crippen molar-refractivity contribution in [3.8, 4) is 0 Å². The van der Waals surface area contributed by atoms with Crippen molar-refractivity contribution < 1.29 is 14.6 Å². The molecule has 0 saturated carbocycles. The van der Waals surface area contributed by atoms with Crippen molar-refractivity contribution in [3.05, 3.63) is 0 Å². The highest BCUT2D eigenvalue weighted by molar-refractivity contribution is 5.94. The Labute approximate surface area is 81.3 Å². The van der Waals surface area contributed by atoms with Gasteiger partial charge in [-0.2, -0.15) is 0 Å². The van der Waals surface area contributed by atoms with E-state index in [4.69, 9.17) is 15.6 Å². The third-order valence-electron chi connectivity index (χ3n) is 2.51. The lowest BCUT2D eigenvalue weighted by Crippen LogP contribution is -2.47. The number of amides is 1. The molecule has 0 aromatic heterocycles. The van der Waals surface area contributed by atoms with E-state index in [-0.39, 0.29) is 24.8 Å². The van der Waals surface area contributed by atoms with Crippen LogP contribution in [0.3, 0.4) is 0 Å². The molecule has 1 fully saturated rings. The van der Waals surface area contributed by atoms with Crippen molar-refractivity contribution in [3.63, 3.8) is 0 Å². The van der Waals surface area contributed by atoms with E-state index in [9.17, 15) is 4.79 Å². The number of aliphatic hydroxyl groups is 1. The Kier molecular flexibility index (Phi) is 2.49. The standard InChI is InChI=1S/C8H13N3O3/c9-7-8(13)10-4-11(7)6-2-1-5(3-12)14-6/h4-7,12H,1-3,9H2. The third kappa shape index (κ3) is 1.52. The summed E-state index contributed by atoms with van der Waals surface area (Å²) in [5.41, 5.74) is 5.60. The van der Waals surface area contributed by atoms with Crippen LogP contribution >= 0.6 is 0 Å². The Bertz CT molecular complexity index is 269. The molecule has 6 nitrogen and oxygen atoms in total. The highest BCUT2D eigenvalue weighted by Crippen LogP contribution is 2.23. The van der Waals surface area contributed by atoms with Gasteiger partial charge in [0, 0.05) is 0 Å². The molecule has 3 atom stereocenters. The Morgan fingerprint density at radius 3 is 3.00 bits per heavy atom. The van der Waals surface area contributed by atoms with Crippen LogP contribution in [-0.2, 0) is 9.53 Å². The summed E-state index contributed by atoms with van der Waals surface area (Å²) in [4.78, 5) is 16.2. The number of aliphatic hydroxyl groups excluding tert-OH is 1. The summed E-state index contributed by atoms with van der Waals surface area (Å²) in [7, 11) is 0. The maximum Gasteiger partial charge on any atom is 0.284 e. The molecule has 0 aromatic rings. The average molecular weight is 199 g/mol. The molecule has 1 saturated heterocycles. The highest BCUT2D eigenvalue weighted by Gasteiger charge is 2.36. The van der Waals surface area contributed by atoms with Crippen LogP contribution < -0.4 is 5.73 Å². The zero-order chi connectivity index (χ0) is 10.1. The monoisotopic (exact) mass is 199 g/mol. The van der Waals surface area contributed by atoms with E-state index in [0.717, 1.165) is 12.8 Å². The van der Waals surface area contributed by atoms with Crippen molar-refractivity contribution in [2.45, 2.75) is 31.3 Å². The van der Waals surface area contributed by atoms with Gasteiger partial charge in [0.25, 0.3) is 5.91 Å². The van der Waals surface area contributed by atoms with Crippen LogP contribution in [0.2, 0.25) is 0 Å². The zero-order valence-electron chi connectivity index (χ0n) is 7.67. The largest absolute Gasteiger partial charge is 0.394 e. The minimum atomic E-state index is -0.725. The molecule has 6 heteroatoms. The van der Waals surface area contributed by atoms with Gasteiger partial charge in [-0.25, -0.2) is 4.99 Å². The van der Waals surface area contributed by atoms with Crippen molar-refractivity contribution in [1.82, 2.24) is 4.90 Å². The summed E-state index contributed by atoms with van der Waals surface area (Å²) in [6.45, 7) is 0.00463.